The Labute approximate surface area is 146 Å². The van der Waals surface area contributed by atoms with E-state index < -0.39 is 11.6 Å². The van der Waals surface area contributed by atoms with Gasteiger partial charge in [-0.15, -0.1) is 0 Å². The Morgan fingerprint density at radius 2 is 1.92 bits per heavy atom. The van der Waals surface area contributed by atoms with Gasteiger partial charge in [-0.05, 0) is 54.5 Å². The molecule has 0 aliphatic rings. The number of hydrogen-bond donors (Lipinski definition) is 0. The molecule has 2 aromatic carbocycles. The molecule has 0 N–H and O–H groups in total. The fourth-order valence-corrected chi connectivity index (χ4v) is 2.18. The molecule has 128 valence electrons. The van der Waals surface area contributed by atoms with E-state index in [0.29, 0.717) is 23.7 Å². The van der Waals surface area contributed by atoms with Gasteiger partial charge in [0.05, 0.1) is 13.7 Å². The standard InChI is InChI=1S/C20H18FNO3/c1-3-10-25-18-9-4-14(12-19(18)24-2)11-16(13-22)20(23)15-5-7-17(21)8-6-15/h4-9,11-12H,3,10H2,1-2H3/b16-11+. The molecular formula is C20H18FNO3. The van der Waals surface area contributed by atoms with Crippen LogP contribution in [0.1, 0.15) is 29.3 Å². The monoisotopic (exact) mass is 339 g/mol. The van der Waals surface area contributed by atoms with Crippen molar-refractivity contribution in [3.05, 3.63) is 65.0 Å². The van der Waals surface area contributed by atoms with Crippen LogP contribution < -0.4 is 9.47 Å². The lowest BCUT2D eigenvalue weighted by Crippen LogP contribution is -2.02. The number of benzene rings is 2. The molecule has 0 spiro atoms. The number of halogens is 1. The summed E-state index contributed by atoms with van der Waals surface area (Å²) in [5.41, 5.74) is 0.840. The van der Waals surface area contributed by atoms with Crippen molar-refractivity contribution in [1.29, 1.82) is 5.26 Å². The van der Waals surface area contributed by atoms with Crippen molar-refractivity contribution in [2.75, 3.05) is 13.7 Å². The second-order valence-corrected chi connectivity index (χ2v) is 5.26. The number of allylic oxidation sites excluding steroid dienone is 1. The largest absolute Gasteiger partial charge is 0.493 e. The SMILES string of the molecule is CCCOc1ccc(/C=C(\C#N)C(=O)c2ccc(F)cc2)cc1OC. The highest BCUT2D eigenvalue weighted by atomic mass is 19.1. The van der Waals surface area contributed by atoms with E-state index in [1.54, 1.807) is 18.2 Å². The molecule has 5 heteroatoms. The number of nitriles is 1. The summed E-state index contributed by atoms with van der Waals surface area (Å²) in [6.45, 7) is 2.57. The molecule has 0 amide bonds. The van der Waals surface area contributed by atoms with Gasteiger partial charge in [0.1, 0.15) is 17.5 Å². The van der Waals surface area contributed by atoms with Crippen LogP contribution in [-0.2, 0) is 0 Å². The number of ether oxygens (including phenoxy) is 2. The molecule has 0 fully saturated rings. The van der Waals surface area contributed by atoms with Crippen LogP contribution in [0.3, 0.4) is 0 Å². The van der Waals surface area contributed by atoms with Gasteiger partial charge in [0.2, 0.25) is 5.78 Å². The molecule has 0 saturated heterocycles. The molecule has 0 aliphatic heterocycles. The van der Waals surface area contributed by atoms with E-state index in [-0.39, 0.29) is 11.1 Å². The zero-order chi connectivity index (χ0) is 18.2. The van der Waals surface area contributed by atoms with Crippen LogP contribution in [0.4, 0.5) is 4.39 Å². The second kappa shape index (κ2) is 8.65. The lowest BCUT2D eigenvalue weighted by Gasteiger charge is -2.10. The minimum atomic E-state index is -0.465. The van der Waals surface area contributed by atoms with Crippen molar-refractivity contribution < 1.29 is 18.7 Å². The number of hydrogen-bond acceptors (Lipinski definition) is 4. The molecule has 2 aromatic rings. The van der Waals surface area contributed by atoms with E-state index in [9.17, 15) is 14.4 Å². The topological polar surface area (TPSA) is 59.3 Å². The summed E-state index contributed by atoms with van der Waals surface area (Å²) in [5.74, 6) is 0.220. The Bertz CT molecular complexity index is 820. The Hall–Kier alpha value is -3.13. The minimum absolute atomic E-state index is 0.0455. The van der Waals surface area contributed by atoms with Crippen LogP contribution in [-0.4, -0.2) is 19.5 Å². The molecule has 0 unspecified atom stereocenters. The van der Waals surface area contributed by atoms with Crippen LogP contribution in [0.25, 0.3) is 6.08 Å². The van der Waals surface area contributed by atoms with Crippen molar-refractivity contribution in [3.63, 3.8) is 0 Å². The first kappa shape index (κ1) is 18.2. The normalized spacial score (nSPS) is 10.9. The number of ketones is 1. The Balaban J connectivity index is 2.31. The number of nitrogens with zero attached hydrogens (tertiary/aromatic N) is 1. The summed E-state index contributed by atoms with van der Waals surface area (Å²) in [4.78, 5) is 12.4. The first-order valence-corrected chi connectivity index (χ1v) is 7.82. The van der Waals surface area contributed by atoms with Gasteiger partial charge in [-0.25, -0.2) is 4.39 Å². The van der Waals surface area contributed by atoms with E-state index in [1.165, 1.54) is 37.5 Å². The highest BCUT2D eigenvalue weighted by Crippen LogP contribution is 2.29. The lowest BCUT2D eigenvalue weighted by atomic mass is 10.0. The number of rotatable bonds is 7. The maximum absolute atomic E-state index is 13.0. The maximum Gasteiger partial charge on any atom is 0.203 e. The number of carbonyl (C=O) groups is 1. The van der Waals surface area contributed by atoms with E-state index in [4.69, 9.17) is 9.47 Å². The van der Waals surface area contributed by atoms with Crippen LogP contribution in [0, 0.1) is 17.1 Å². The lowest BCUT2D eigenvalue weighted by molar-refractivity contribution is 0.104. The fourth-order valence-electron chi connectivity index (χ4n) is 2.18. The molecule has 0 heterocycles. The number of carbonyl (C=O) groups excluding carboxylic acids is 1. The zero-order valence-electron chi connectivity index (χ0n) is 14.1. The second-order valence-electron chi connectivity index (χ2n) is 5.26. The van der Waals surface area contributed by atoms with E-state index >= 15 is 0 Å². The molecule has 0 aliphatic carbocycles. The predicted molar refractivity (Wildman–Crippen MR) is 93.1 cm³/mol. The maximum atomic E-state index is 13.0. The van der Waals surface area contributed by atoms with Gasteiger partial charge in [-0.3, -0.25) is 4.79 Å². The summed E-state index contributed by atoms with van der Waals surface area (Å²) < 4.78 is 23.8. The van der Waals surface area contributed by atoms with Crippen molar-refractivity contribution in [2.45, 2.75) is 13.3 Å². The van der Waals surface area contributed by atoms with E-state index in [2.05, 4.69) is 0 Å². The van der Waals surface area contributed by atoms with Gasteiger partial charge >= 0.3 is 0 Å². The molecule has 25 heavy (non-hydrogen) atoms. The van der Waals surface area contributed by atoms with Gasteiger partial charge in [-0.1, -0.05) is 13.0 Å². The summed E-state index contributed by atoms with van der Waals surface area (Å²) in [7, 11) is 1.52. The first-order valence-electron chi connectivity index (χ1n) is 7.82. The Morgan fingerprint density at radius 3 is 2.52 bits per heavy atom. The molecule has 0 aromatic heterocycles. The van der Waals surface area contributed by atoms with E-state index in [0.717, 1.165) is 6.42 Å². The van der Waals surface area contributed by atoms with Crippen molar-refractivity contribution in [1.82, 2.24) is 0 Å². The minimum Gasteiger partial charge on any atom is -0.493 e. The molecule has 4 nitrogen and oxygen atoms in total. The fraction of sp³-hybridized carbons (Fsp3) is 0.200. The highest BCUT2D eigenvalue weighted by molar-refractivity contribution is 6.14. The van der Waals surface area contributed by atoms with Gasteiger partial charge < -0.3 is 9.47 Å². The van der Waals surface area contributed by atoms with Crippen LogP contribution in [0.5, 0.6) is 11.5 Å². The van der Waals surface area contributed by atoms with Crippen molar-refractivity contribution >= 4 is 11.9 Å². The molecule has 0 atom stereocenters. The van der Waals surface area contributed by atoms with Crippen molar-refractivity contribution in [3.8, 4) is 17.6 Å². The molecule has 0 radical (unpaired) electrons. The highest BCUT2D eigenvalue weighted by Gasteiger charge is 2.13. The van der Waals surface area contributed by atoms with E-state index in [1.807, 2.05) is 13.0 Å². The summed E-state index contributed by atoms with van der Waals surface area (Å²) >= 11 is 0. The zero-order valence-corrected chi connectivity index (χ0v) is 14.1. The van der Waals surface area contributed by atoms with Crippen LogP contribution in [0.2, 0.25) is 0 Å². The Morgan fingerprint density at radius 1 is 1.20 bits per heavy atom. The van der Waals surface area contributed by atoms with Gasteiger partial charge in [0.15, 0.2) is 11.5 Å². The predicted octanol–water partition coefficient (Wildman–Crippen LogP) is 4.41. The quantitative estimate of drug-likeness (QED) is 0.426. The van der Waals surface area contributed by atoms with Gasteiger partial charge in [-0.2, -0.15) is 5.26 Å². The van der Waals surface area contributed by atoms with Crippen LogP contribution >= 0.6 is 0 Å². The van der Waals surface area contributed by atoms with Crippen molar-refractivity contribution in [2.24, 2.45) is 0 Å². The molecular weight excluding hydrogens is 321 g/mol. The average molecular weight is 339 g/mol. The molecule has 2 rings (SSSR count). The Kier molecular flexibility index (Phi) is 6.30. The molecule has 0 bridgehead atoms. The number of methoxy groups -OCH3 is 1. The average Bonchev–Trinajstić information content (AvgIpc) is 2.64. The summed E-state index contributed by atoms with van der Waals surface area (Å²) in [6.07, 6.45) is 2.34. The van der Waals surface area contributed by atoms with Crippen LogP contribution in [0.15, 0.2) is 48.0 Å². The third kappa shape index (κ3) is 4.67. The smallest absolute Gasteiger partial charge is 0.203 e. The van der Waals surface area contributed by atoms with Gasteiger partial charge in [0.25, 0.3) is 0 Å². The number of Topliss-reactive ketones (excluding diaryl/α,β-unsaturated/α-hetero) is 1. The third-order valence-corrected chi connectivity index (χ3v) is 3.43. The summed E-state index contributed by atoms with van der Waals surface area (Å²) in [6, 6.07) is 12.1. The summed E-state index contributed by atoms with van der Waals surface area (Å²) in [5, 5.41) is 9.30. The molecule has 0 saturated carbocycles. The van der Waals surface area contributed by atoms with Gasteiger partial charge in [0, 0.05) is 5.56 Å². The first-order chi connectivity index (χ1) is 12.1. The third-order valence-electron chi connectivity index (χ3n) is 3.43.